The number of carbonyl (C=O) groups excluding carboxylic acids is 1. The first-order chi connectivity index (χ1) is 14.1. The van der Waals surface area contributed by atoms with Crippen molar-refractivity contribution in [2.45, 2.75) is 19.7 Å². The Morgan fingerprint density at radius 3 is 2.90 bits per heavy atom. The minimum absolute atomic E-state index is 0.00489. The molecule has 3 aromatic rings. The molecule has 150 valence electrons. The zero-order valence-corrected chi connectivity index (χ0v) is 16.1. The third kappa shape index (κ3) is 3.71. The Hall–Kier alpha value is -3.24. The Kier molecular flexibility index (Phi) is 5.28. The van der Waals surface area contributed by atoms with Crippen molar-refractivity contribution >= 4 is 28.1 Å². The van der Waals surface area contributed by atoms with E-state index in [1.807, 2.05) is 36.4 Å². The molecule has 0 radical (unpaired) electrons. The molecule has 0 bridgehead atoms. The van der Waals surface area contributed by atoms with Gasteiger partial charge in [-0.15, -0.1) is 11.3 Å². The van der Waals surface area contributed by atoms with E-state index in [1.54, 1.807) is 0 Å². The highest BCUT2D eigenvalue weighted by Gasteiger charge is 2.28. The Morgan fingerprint density at radius 1 is 1.28 bits per heavy atom. The summed E-state index contributed by atoms with van der Waals surface area (Å²) in [6.07, 6.45) is 1.36. The van der Waals surface area contributed by atoms with Crippen molar-refractivity contribution in [3.63, 3.8) is 0 Å². The molecule has 0 saturated heterocycles. The van der Waals surface area contributed by atoms with E-state index in [0.29, 0.717) is 11.3 Å². The summed E-state index contributed by atoms with van der Waals surface area (Å²) in [6.45, 7) is 0.546. The summed E-state index contributed by atoms with van der Waals surface area (Å²) in [5.74, 6) is 0. The maximum absolute atomic E-state index is 12.7. The molecule has 1 aliphatic rings. The highest BCUT2D eigenvalue weighted by molar-refractivity contribution is 7.16. The van der Waals surface area contributed by atoms with Gasteiger partial charge < -0.3 is 10.5 Å². The Morgan fingerprint density at radius 2 is 2.10 bits per heavy atom. The van der Waals surface area contributed by atoms with E-state index in [0.717, 1.165) is 20.8 Å². The average Bonchev–Trinajstić information content (AvgIpc) is 3.33. The SMILES string of the molecule is NC/C(=C\F)Cn1ncn(Cc2ccc(N3C(=O)OCc4ccccc43)s2)c1=O. The Labute approximate surface area is 169 Å². The van der Waals surface area contributed by atoms with Crippen LogP contribution in [0.2, 0.25) is 0 Å². The van der Waals surface area contributed by atoms with Crippen LogP contribution < -0.4 is 16.3 Å². The molecule has 1 aromatic carbocycles. The first kappa shape index (κ1) is 19.1. The third-order valence-corrected chi connectivity index (χ3v) is 5.58. The highest BCUT2D eigenvalue weighted by atomic mass is 32.1. The number of hydrogen-bond acceptors (Lipinski definition) is 6. The van der Waals surface area contributed by atoms with Gasteiger partial charge in [0.15, 0.2) is 0 Å². The van der Waals surface area contributed by atoms with Gasteiger partial charge in [0.25, 0.3) is 0 Å². The van der Waals surface area contributed by atoms with Crippen LogP contribution in [0, 0.1) is 0 Å². The van der Waals surface area contributed by atoms with Crippen LogP contribution in [-0.2, 0) is 24.4 Å². The molecule has 8 nitrogen and oxygen atoms in total. The van der Waals surface area contributed by atoms with Crippen molar-refractivity contribution in [1.82, 2.24) is 14.3 Å². The van der Waals surface area contributed by atoms with Crippen molar-refractivity contribution in [1.29, 1.82) is 0 Å². The van der Waals surface area contributed by atoms with Crippen molar-refractivity contribution in [3.8, 4) is 0 Å². The van der Waals surface area contributed by atoms with Gasteiger partial charge in [0.1, 0.15) is 17.9 Å². The van der Waals surface area contributed by atoms with Gasteiger partial charge in [-0.3, -0.25) is 4.57 Å². The number of nitrogens with two attached hydrogens (primary N) is 1. The van der Waals surface area contributed by atoms with E-state index in [9.17, 15) is 14.0 Å². The normalized spacial score (nSPS) is 14.1. The number of hydrogen-bond donors (Lipinski definition) is 1. The number of rotatable bonds is 6. The number of halogens is 1. The smallest absolute Gasteiger partial charge is 0.419 e. The van der Waals surface area contributed by atoms with Gasteiger partial charge >= 0.3 is 11.8 Å². The van der Waals surface area contributed by atoms with Crippen LogP contribution in [0.25, 0.3) is 0 Å². The van der Waals surface area contributed by atoms with E-state index >= 15 is 0 Å². The molecule has 4 rings (SSSR count). The number of thiophene rings is 1. The number of amides is 1. The van der Waals surface area contributed by atoms with Crippen LogP contribution in [0.1, 0.15) is 10.4 Å². The summed E-state index contributed by atoms with van der Waals surface area (Å²) in [7, 11) is 0. The van der Waals surface area contributed by atoms with Gasteiger partial charge in [0.2, 0.25) is 0 Å². The number of nitrogens with zero attached hydrogens (tertiary/aromatic N) is 4. The summed E-state index contributed by atoms with van der Waals surface area (Å²) >= 11 is 1.38. The Balaban J connectivity index is 1.56. The molecule has 1 amide bonds. The van der Waals surface area contributed by atoms with Crippen LogP contribution in [0.3, 0.4) is 0 Å². The van der Waals surface area contributed by atoms with Gasteiger partial charge in [-0.05, 0) is 23.8 Å². The number of fused-ring (bicyclic) bond motifs is 1. The monoisotopic (exact) mass is 415 g/mol. The first-order valence-corrected chi connectivity index (χ1v) is 9.66. The number of para-hydroxylation sites is 1. The predicted molar refractivity (Wildman–Crippen MR) is 107 cm³/mol. The number of cyclic esters (lactones) is 1. The maximum atomic E-state index is 12.7. The lowest BCUT2D eigenvalue weighted by molar-refractivity contribution is 0.145. The second-order valence-corrected chi connectivity index (χ2v) is 7.58. The molecule has 1 aliphatic heterocycles. The van der Waals surface area contributed by atoms with E-state index in [-0.39, 0.29) is 37.5 Å². The molecular formula is C19H18FN5O3S. The molecule has 3 heterocycles. The molecule has 29 heavy (non-hydrogen) atoms. The minimum Gasteiger partial charge on any atom is -0.444 e. The largest absolute Gasteiger partial charge is 0.444 e. The van der Waals surface area contributed by atoms with Crippen LogP contribution in [0.5, 0.6) is 0 Å². The molecule has 0 spiro atoms. The summed E-state index contributed by atoms with van der Waals surface area (Å²) in [5.41, 5.74) is 7.06. The van der Waals surface area contributed by atoms with Gasteiger partial charge in [0, 0.05) is 17.0 Å². The molecule has 2 aromatic heterocycles. The van der Waals surface area contributed by atoms with Gasteiger partial charge in [-0.1, -0.05) is 18.2 Å². The van der Waals surface area contributed by atoms with Crippen molar-refractivity contribution < 1.29 is 13.9 Å². The lowest BCUT2D eigenvalue weighted by Crippen LogP contribution is -2.30. The summed E-state index contributed by atoms with van der Waals surface area (Å²) in [6, 6.07) is 11.2. The van der Waals surface area contributed by atoms with E-state index in [2.05, 4.69) is 5.10 Å². The van der Waals surface area contributed by atoms with E-state index in [1.165, 1.54) is 27.1 Å². The third-order valence-electron chi connectivity index (χ3n) is 4.53. The number of aromatic nitrogens is 3. The lowest BCUT2D eigenvalue weighted by Gasteiger charge is -2.27. The second kappa shape index (κ2) is 8.02. The molecule has 10 heteroatoms. The van der Waals surface area contributed by atoms with Crippen molar-refractivity contribution in [2.24, 2.45) is 5.73 Å². The molecular weight excluding hydrogens is 397 g/mol. The van der Waals surface area contributed by atoms with Gasteiger partial charge in [-0.2, -0.15) is 5.10 Å². The highest BCUT2D eigenvalue weighted by Crippen LogP contribution is 2.37. The predicted octanol–water partition coefficient (Wildman–Crippen LogP) is 2.76. The quantitative estimate of drug-likeness (QED) is 0.668. The van der Waals surface area contributed by atoms with Crippen LogP contribution in [0.4, 0.5) is 19.9 Å². The minimum atomic E-state index is -0.436. The fourth-order valence-corrected chi connectivity index (χ4v) is 4.03. The first-order valence-electron chi connectivity index (χ1n) is 8.84. The number of benzene rings is 1. The summed E-state index contributed by atoms with van der Waals surface area (Å²) in [4.78, 5) is 27.2. The summed E-state index contributed by atoms with van der Waals surface area (Å²) < 4.78 is 20.6. The lowest BCUT2D eigenvalue weighted by atomic mass is 10.1. The zero-order chi connectivity index (χ0) is 20.4. The van der Waals surface area contributed by atoms with E-state index in [4.69, 9.17) is 10.5 Å². The Bertz CT molecular complexity index is 1130. The fourth-order valence-electron chi connectivity index (χ4n) is 3.03. The molecule has 0 atom stereocenters. The fraction of sp³-hybridized carbons (Fsp3) is 0.211. The zero-order valence-electron chi connectivity index (χ0n) is 15.3. The molecule has 0 aliphatic carbocycles. The van der Waals surface area contributed by atoms with Crippen molar-refractivity contribution in [2.75, 3.05) is 11.4 Å². The molecule has 0 saturated carbocycles. The molecule has 0 unspecified atom stereocenters. The van der Waals surface area contributed by atoms with Crippen LogP contribution in [-0.4, -0.2) is 27.0 Å². The number of ether oxygens (including phenoxy) is 1. The summed E-state index contributed by atoms with van der Waals surface area (Å²) in [5, 5.41) is 4.71. The van der Waals surface area contributed by atoms with E-state index < -0.39 is 6.09 Å². The van der Waals surface area contributed by atoms with Crippen LogP contribution in [0.15, 0.2) is 59.4 Å². The van der Waals surface area contributed by atoms with Gasteiger partial charge in [-0.25, -0.2) is 23.6 Å². The second-order valence-electron chi connectivity index (χ2n) is 6.43. The standard InChI is InChI=1S/C19H18FN5O3S/c20-7-13(8-21)9-24-18(26)23(12-22-24)10-15-5-6-17(29-15)25-16-4-2-1-3-14(16)11-28-19(25)27/h1-7,12H,8-11,21H2/b13-7+. The topological polar surface area (TPSA) is 95.4 Å². The molecule has 0 fully saturated rings. The van der Waals surface area contributed by atoms with Gasteiger partial charge in [0.05, 0.1) is 25.1 Å². The van der Waals surface area contributed by atoms with Crippen molar-refractivity contribution in [3.05, 3.63) is 75.6 Å². The van der Waals surface area contributed by atoms with Crippen LogP contribution >= 0.6 is 11.3 Å². The number of carbonyl (C=O) groups is 1. The maximum Gasteiger partial charge on any atom is 0.419 e. The average molecular weight is 415 g/mol. The molecule has 2 N–H and O–H groups in total. The number of anilines is 2.